The van der Waals surface area contributed by atoms with Gasteiger partial charge in [-0.25, -0.2) is 4.39 Å². The molecular formula is C16H16FNO2. The maximum absolute atomic E-state index is 13.5. The van der Waals surface area contributed by atoms with Gasteiger partial charge in [0, 0.05) is 22.9 Å². The highest BCUT2D eigenvalue weighted by molar-refractivity contribution is 6.01. The average Bonchev–Trinajstić information content (AvgIpc) is 2.46. The van der Waals surface area contributed by atoms with E-state index in [1.54, 1.807) is 37.3 Å². The molecule has 0 aliphatic heterocycles. The Kier molecular flexibility index (Phi) is 4.35. The zero-order valence-corrected chi connectivity index (χ0v) is 11.4. The van der Waals surface area contributed by atoms with Crippen LogP contribution in [0.3, 0.4) is 0 Å². The monoisotopic (exact) mass is 273 g/mol. The van der Waals surface area contributed by atoms with Crippen LogP contribution in [0.4, 0.5) is 4.39 Å². The van der Waals surface area contributed by atoms with Gasteiger partial charge in [-0.05, 0) is 25.1 Å². The minimum Gasteiger partial charge on any atom is -0.507 e. The number of ether oxygens (including phenoxy) is 1. The van der Waals surface area contributed by atoms with Crippen molar-refractivity contribution < 1.29 is 14.2 Å². The van der Waals surface area contributed by atoms with Crippen LogP contribution in [-0.2, 0) is 6.54 Å². The lowest BCUT2D eigenvalue weighted by atomic mass is 10.1. The number of nitrogens with zero attached hydrogens (tertiary/aromatic N) is 1. The minimum atomic E-state index is -0.275. The predicted octanol–water partition coefficient (Wildman–Crippen LogP) is 3.55. The number of aromatic hydroxyl groups is 1. The van der Waals surface area contributed by atoms with Gasteiger partial charge in [0.1, 0.15) is 17.3 Å². The van der Waals surface area contributed by atoms with E-state index in [0.29, 0.717) is 22.6 Å². The van der Waals surface area contributed by atoms with Gasteiger partial charge in [0.25, 0.3) is 0 Å². The Labute approximate surface area is 117 Å². The maximum atomic E-state index is 13.5. The number of aliphatic imine (C=N–C) groups is 1. The van der Waals surface area contributed by atoms with Gasteiger partial charge in [0.05, 0.1) is 13.7 Å². The van der Waals surface area contributed by atoms with E-state index in [4.69, 9.17) is 4.74 Å². The molecule has 4 heteroatoms. The molecule has 2 rings (SSSR count). The average molecular weight is 273 g/mol. The molecule has 0 unspecified atom stereocenters. The van der Waals surface area contributed by atoms with Crippen molar-refractivity contribution >= 4 is 5.71 Å². The molecule has 0 spiro atoms. The molecule has 0 saturated heterocycles. The van der Waals surface area contributed by atoms with Gasteiger partial charge in [-0.3, -0.25) is 4.99 Å². The Balaban J connectivity index is 2.21. The van der Waals surface area contributed by atoms with Crippen LogP contribution in [0.25, 0.3) is 0 Å². The Bertz CT molecular complexity index is 638. The van der Waals surface area contributed by atoms with Crippen molar-refractivity contribution in [2.75, 3.05) is 7.11 Å². The minimum absolute atomic E-state index is 0.0964. The van der Waals surface area contributed by atoms with Crippen LogP contribution in [0.15, 0.2) is 47.5 Å². The van der Waals surface area contributed by atoms with Crippen LogP contribution in [-0.4, -0.2) is 17.9 Å². The van der Waals surface area contributed by atoms with Crippen LogP contribution < -0.4 is 4.74 Å². The molecule has 20 heavy (non-hydrogen) atoms. The quantitative estimate of drug-likeness (QED) is 0.866. The van der Waals surface area contributed by atoms with Gasteiger partial charge in [-0.1, -0.05) is 18.2 Å². The molecular weight excluding hydrogens is 257 g/mol. The molecule has 0 saturated carbocycles. The summed E-state index contributed by atoms with van der Waals surface area (Å²) in [5.41, 5.74) is 1.79. The molecule has 0 amide bonds. The first kappa shape index (κ1) is 14.1. The van der Waals surface area contributed by atoms with Gasteiger partial charge in [0.15, 0.2) is 0 Å². The maximum Gasteiger partial charge on any atom is 0.128 e. The molecule has 0 aliphatic carbocycles. The first-order valence-corrected chi connectivity index (χ1v) is 6.23. The first-order chi connectivity index (χ1) is 9.61. The smallest absolute Gasteiger partial charge is 0.128 e. The van der Waals surface area contributed by atoms with E-state index < -0.39 is 0 Å². The Morgan fingerprint density at radius 2 is 2.00 bits per heavy atom. The zero-order valence-electron chi connectivity index (χ0n) is 11.4. The second kappa shape index (κ2) is 6.19. The van der Waals surface area contributed by atoms with Crippen molar-refractivity contribution in [2.45, 2.75) is 13.5 Å². The van der Waals surface area contributed by atoms with Crippen LogP contribution in [0.5, 0.6) is 11.5 Å². The van der Waals surface area contributed by atoms with Crippen molar-refractivity contribution in [3.63, 3.8) is 0 Å². The van der Waals surface area contributed by atoms with Gasteiger partial charge < -0.3 is 9.84 Å². The zero-order chi connectivity index (χ0) is 14.5. The van der Waals surface area contributed by atoms with E-state index in [9.17, 15) is 9.50 Å². The fraction of sp³-hybridized carbons (Fsp3) is 0.188. The summed E-state index contributed by atoms with van der Waals surface area (Å²) in [7, 11) is 1.54. The van der Waals surface area contributed by atoms with Crippen LogP contribution in [0, 0.1) is 5.82 Å². The first-order valence-electron chi connectivity index (χ1n) is 6.23. The van der Waals surface area contributed by atoms with Gasteiger partial charge in [-0.2, -0.15) is 0 Å². The number of hydrogen-bond acceptors (Lipinski definition) is 3. The number of halogens is 1. The second-order valence-electron chi connectivity index (χ2n) is 4.38. The molecule has 0 radical (unpaired) electrons. The molecule has 2 aromatic carbocycles. The number of phenolic OH excluding ortho intramolecular Hbond substituents is 1. The summed E-state index contributed by atoms with van der Waals surface area (Å²) >= 11 is 0. The fourth-order valence-corrected chi connectivity index (χ4v) is 1.86. The van der Waals surface area contributed by atoms with E-state index in [-0.39, 0.29) is 18.1 Å². The number of methoxy groups -OCH3 is 1. The normalized spacial score (nSPS) is 11.4. The van der Waals surface area contributed by atoms with Crippen molar-refractivity contribution in [3.8, 4) is 11.5 Å². The standard InChI is InChI=1S/C16H16FNO2/c1-11(14-8-7-13(20-2)9-16(14)19)18-10-12-5-3-4-6-15(12)17/h3-9,19H,10H2,1-2H3/b18-11+. The third-order valence-corrected chi connectivity index (χ3v) is 3.04. The molecule has 2 aromatic rings. The van der Waals surface area contributed by atoms with Crippen molar-refractivity contribution in [2.24, 2.45) is 4.99 Å². The largest absolute Gasteiger partial charge is 0.507 e. The Morgan fingerprint density at radius 3 is 2.65 bits per heavy atom. The van der Waals surface area contributed by atoms with Gasteiger partial charge in [0.2, 0.25) is 0 Å². The SMILES string of the molecule is COc1ccc(/C(C)=N/Cc2ccccc2F)c(O)c1. The lowest BCUT2D eigenvalue weighted by Gasteiger charge is -2.07. The van der Waals surface area contributed by atoms with Crippen LogP contribution >= 0.6 is 0 Å². The summed E-state index contributed by atoms with van der Waals surface area (Å²) in [5, 5.41) is 9.91. The fourth-order valence-electron chi connectivity index (χ4n) is 1.86. The summed E-state index contributed by atoms with van der Waals surface area (Å²) < 4.78 is 18.5. The lowest BCUT2D eigenvalue weighted by Crippen LogP contribution is -1.98. The molecule has 0 atom stereocenters. The van der Waals surface area contributed by atoms with E-state index >= 15 is 0 Å². The summed E-state index contributed by atoms with van der Waals surface area (Å²) in [6.45, 7) is 2.02. The van der Waals surface area contributed by atoms with E-state index in [2.05, 4.69) is 4.99 Å². The molecule has 0 aromatic heterocycles. The predicted molar refractivity (Wildman–Crippen MR) is 77.0 cm³/mol. The highest BCUT2D eigenvalue weighted by atomic mass is 19.1. The number of rotatable bonds is 4. The molecule has 0 aliphatic rings. The third kappa shape index (κ3) is 3.15. The molecule has 0 heterocycles. The van der Waals surface area contributed by atoms with Crippen molar-refractivity contribution in [1.29, 1.82) is 0 Å². The van der Waals surface area contributed by atoms with Crippen LogP contribution in [0.2, 0.25) is 0 Å². The highest BCUT2D eigenvalue weighted by Crippen LogP contribution is 2.24. The van der Waals surface area contributed by atoms with Crippen molar-refractivity contribution in [1.82, 2.24) is 0 Å². The van der Waals surface area contributed by atoms with Gasteiger partial charge in [-0.15, -0.1) is 0 Å². The number of phenols is 1. The molecule has 1 N–H and O–H groups in total. The van der Waals surface area contributed by atoms with Gasteiger partial charge >= 0.3 is 0 Å². The topological polar surface area (TPSA) is 41.8 Å². The summed E-state index contributed by atoms with van der Waals surface area (Å²) in [6, 6.07) is 11.5. The summed E-state index contributed by atoms with van der Waals surface area (Å²) in [6.07, 6.45) is 0. The van der Waals surface area contributed by atoms with E-state index in [1.165, 1.54) is 19.2 Å². The highest BCUT2D eigenvalue weighted by Gasteiger charge is 2.06. The second-order valence-corrected chi connectivity index (χ2v) is 4.38. The van der Waals surface area contributed by atoms with E-state index in [1.807, 2.05) is 0 Å². The molecule has 3 nitrogen and oxygen atoms in total. The van der Waals surface area contributed by atoms with Crippen LogP contribution in [0.1, 0.15) is 18.1 Å². The number of hydrogen-bond donors (Lipinski definition) is 1. The summed E-state index contributed by atoms with van der Waals surface area (Å²) in [4.78, 5) is 4.32. The summed E-state index contributed by atoms with van der Waals surface area (Å²) in [5.74, 6) is 0.398. The molecule has 0 bridgehead atoms. The van der Waals surface area contributed by atoms with E-state index in [0.717, 1.165) is 0 Å². The van der Waals surface area contributed by atoms with Crippen molar-refractivity contribution in [3.05, 3.63) is 59.4 Å². The number of benzene rings is 2. The Morgan fingerprint density at radius 1 is 1.25 bits per heavy atom. The third-order valence-electron chi connectivity index (χ3n) is 3.04. The molecule has 104 valence electrons. The lowest BCUT2D eigenvalue weighted by molar-refractivity contribution is 0.407. The molecule has 0 fully saturated rings. The Hall–Kier alpha value is -2.36.